The molecule has 0 aromatic carbocycles. The highest BCUT2D eigenvalue weighted by Crippen LogP contribution is 2.02. The lowest BCUT2D eigenvalue weighted by molar-refractivity contribution is 0.176. The van der Waals surface area contributed by atoms with Crippen molar-refractivity contribution < 1.29 is 22.7 Å². The third-order valence-electron chi connectivity index (χ3n) is 1.61. The molecule has 1 N–H and O–H groups in total. The largest absolute Gasteiger partial charge is 0.452 e. The molecular weight excluding hydrogens is 260 g/mol. The predicted octanol–water partition coefficient (Wildman–Crippen LogP) is -0.227. The van der Waals surface area contributed by atoms with E-state index in [4.69, 9.17) is 16.3 Å². The molecule has 0 saturated heterocycles. The maximum Gasteiger partial charge on any atom is 0.421 e. The lowest BCUT2D eigenvalue weighted by atomic mass is 10.4. The van der Waals surface area contributed by atoms with Crippen LogP contribution in [0.1, 0.15) is 0 Å². The van der Waals surface area contributed by atoms with Crippen LogP contribution in [0, 0.1) is 0 Å². The van der Waals surface area contributed by atoms with Gasteiger partial charge in [0.15, 0.2) is 0 Å². The fourth-order valence-electron chi connectivity index (χ4n) is 0.836. The summed E-state index contributed by atoms with van der Waals surface area (Å²) in [5.41, 5.74) is 0. The number of carbonyl (C=O) groups is 1. The first-order chi connectivity index (χ1) is 7.33. The van der Waals surface area contributed by atoms with Gasteiger partial charge in [-0.2, -0.15) is 12.7 Å². The Balaban J connectivity index is 4.35. The SMILES string of the molecule is COCC(Cl)CN(C)S(=O)(=O)NC(=O)OC. The zero-order chi connectivity index (χ0) is 12.8. The maximum absolute atomic E-state index is 11.5. The Hall–Kier alpha value is -0.570. The Morgan fingerprint density at radius 2 is 2.06 bits per heavy atom. The van der Waals surface area contributed by atoms with E-state index in [1.807, 2.05) is 0 Å². The quantitative estimate of drug-likeness (QED) is 0.677. The zero-order valence-electron chi connectivity index (χ0n) is 9.27. The van der Waals surface area contributed by atoms with Crippen LogP contribution in [0.25, 0.3) is 0 Å². The predicted molar refractivity (Wildman–Crippen MR) is 58.6 cm³/mol. The number of methoxy groups -OCH3 is 2. The van der Waals surface area contributed by atoms with Crippen molar-refractivity contribution in [1.29, 1.82) is 0 Å². The van der Waals surface area contributed by atoms with Crippen LogP contribution >= 0.6 is 11.6 Å². The first kappa shape index (κ1) is 15.4. The fraction of sp³-hybridized carbons (Fsp3) is 0.857. The van der Waals surface area contributed by atoms with Crippen LogP contribution < -0.4 is 4.72 Å². The Morgan fingerprint density at radius 1 is 1.50 bits per heavy atom. The molecule has 0 aliphatic rings. The Bertz CT molecular complexity index is 321. The molecule has 9 heteroatoms. The Morgan fingerprint density at radius 3 is 2.50 bits per heavy atom. The number of hydrogen-bond donors (Lipinski definition) is 1. The first-order valence-corrected chi connectivity index (χ1v) is 6.16. The third-order valence-corrected chi connectivity index (χ3v) is 3.27. The molecule has 0 heterocycles. The molecule has 1 atom stereocenters. The van der Waals surface area contributed by atoms with Crippen molar-refractivity contribution in [1.82, 2.24) is 9.03 Å². The summed E-state index contributed by atoms with van der Waals surface area (Å²) in [4.78, 5) is 10.7. The molecule has 0 aromatic heterocycles. The molecule has 0 spiro atoms. The second-order valence-electron chi connectivity index (χ2n) is 2.93. The molecule has 0 aliphatic heterocycles. The van der Waals surface area contributed by atoms with Gasteiger partial charge in [-0.25, -0.2) is 9.52 Å². The van der Waals surface area contributed by atoms with Crippen LogP contribution in [-0.4, -0.2) is 58.6 Å². The number of alkyl halides is 1. The van der Waals surface area contributed by atoms with Crippen molar-refractivity contribution in [3.05, 3.63) is 0 Å². The maximum atomic E-state index is 11.5. The van der Waals surface area contributed by atoms with Crippen molar-refractivity contribution in [2.75, 3.05) is 34.4 Å². The minimum Gasteiger partial charge on any atom is -0.452 e. The summed E-state index contributed by atoms with van der Waals surface area (Å²) in [5, 5.41) is -0.496. The molecule has 0 saturated carbocycles. The van der Waals surface area contributed by atoms with Crippen LogP contribution in [-0.2, 0) is 19.7 Å². The molecular formula is C7H15ClN2O5S. The van der Waals surface area contributed by atoms with Gasteiger partial charge in [0.25, 0.3) is 0 Å². The summed E-state index contributed by atoms with van der Waals surface area (Å²) in [6.45, 7) is 0.224. The summed E-state index contributed by atoms with van der Waals surface area (Å²) in [6.07, 6.45) is -1.05. The van der Waals surface area contributed by atoms with Crippen molar-refractivity contribution >= 4 is 27.9 Å². The molecule has 1 unspecified atom stereocenters. The molecule has 0 radical (unpaired) electrons. The van der Waals surface area contributed by atoms with Crippen LogP contribution in [0.5, 0.6) is 0 Å². The van der Waals surface area contributed by atoms with Crippen molar-refractivity contribution in [2.24, 2.45) is 0 Å². The molecule has 96 valence electrons. The second-order valence-corrected chi connectivity index (χ2v) is 5.33. The highest BCUT2D eigenvalue weighted by molar-refractivity contribution is 7.87. The number of nitrogens with one attached hydrogen (secondary N) is 1. The number of amides is 1. The summed E-state index contributed by atoms with van der Waals surface area (Å²) < 4.78 is 34.4. The van der Waals surface area contributed by atoms with Gasteiger partial charge in [-0.1, -0.05) is 0 Å². The number of hydrogen-bond acceptors (Lipinski definition) is 5. The van der Waals surface area contributed by atoms with Gasteiger partial charge in [-0.3, -0.25) is 0 Å². The lowest BCUT2D eigenvalue weighted by Crippen LogP contribution is -2.44. The van der Waals surface area contributed by atoms with Crippen LogP contribution in [0.4, 0.5) is 4.79 Å². The molecule has 0 aliphatic carbocycles. The number of halogens is 1. The van der Waals surface area contributed by atoms with Crippen molar-refractivity contribution in [2.45, 2.75) is 5.38 Å². The molecule has 0 rings (SSSR count). The van der Waals surface area contributed by atoms with Crippen LogP contribution in [0.2, 0.25) is 0 Å². The van der Waals surface area contributed by atoms with E-state index in [1.54, 1.807) is 4.72 Å². The molecule has 1 amide bonds. The molecule has 0 aromatic rings. The van der Waals surface area contributed by atoms with Gasteiger partial charge in [0.05, 0.1) is 19.1 Å². The second kappa shape index (κ2) is 6.89. The first-order valence-electron chi connectivity index (χ1n) is 4.28. The molecule has 7 nitrogen and oxygen atoms in total. The normalized spacial score (nSPS) is 13.6. The summed E-state index contributed by atoms with van der Waals surface area (Å²) in [6, 6.07) is 0. The number of carbonyl (C=O) groups excluding carboxylic acids is 1. The van der Waals surface area contributed by atoms with Gasteiger partial charge in [0.2, 0.25) is 0 Å². The third kappa shape index (κ3) is 5.50. The van der Waals surface area contributed by atoms with Gasteiger partial charge in [-0.05, 0) is 0 Å². The van der Waals surface area contributed by atoms with E-state index < -0.39 is 21.7 Å². The van der Waals surface area contributed by atoms with E-state index in [0.717, 1.165) is 11.4 Å². The van der Waals surface area contributed by atoms with Crippen LogP contribution in [0.15, 0.2) is 0 Å². The zero-order valence-corrected chi connectivity index (χ0v) is 10.8. The fourth-order valence-corrected chi connectivity index (χ4v) is 2.08. The average Bonchev–Trinajstić information content (AvgIpc) is 2.17. The van der Waals surface area contributed by atoms with E-state index in [-0.39, 0.29) is 13.2 Å². The molecule has 0 fully saturated rings. The standard InChI is InChI=1S/C7H15ClN2O5S/c1-10(4-6(8)5-14-2)16(12,13)9-7(11)15-3/h6H,4-5H2,1-3H3,(H,9,11). The van der Waals surface area contributed by atoms with Gasteiger partial charge >= 0.3 is 16.3 Å². The lowest BCUT2D eigenvalue weighted by Gasteiger charge is -2.19. The number of ether oxygens (including phenoxy) is 2. The van der Waals surface area contributed by atoms with Gasteiger partial charge in [-0.15, -0.1) is 11.6 Å². The highest BCUT2D eigenvalue weighted by Gasteiger charge is 2.23. The Kier molecular flexibility index (Phi) is 6.65. The Labute approximate surface area is 99.8 Å². The minimum absolute atomic E-state index is 0.0156. The minimum atomic E-state index is -3.92. The van der Waals surface area contributed by atoms with Crippen molar-refractivity contribution in [3.8, 4) is 0 Å². The van der Waals surface area contributed by atoms with E-state index in [9.17, 15) is 13.2 Å². The topological polar surface area (TPSA) is 84.9 Å². The van der Waals surface area contributed by atoms with E-state index >= 15 is 0 Å². The summed E-state index contributed by atoms with van der Waals surface area (Å²) in [5.74, 6) is 0. The van der Waals surface area contributed by atoms with E-state index in [0.29, 0.717) is 0 Å². The summed E-state index contributed by atoms with van der Waals surface area (Å²) in [7, 11) is -0.104. The van der Waals surface area contributed by atoms with Gasteiger partial charge in [0.1, 0.15) is 0 Å². The van der Waals surface area contributed by atoms with E-state index in [2.05, 4.69) is 4.74 Å². The molecule has 0 bridgehead atoms. The number of nitrogens with zero attached hydrogens (tertiary/aromatic N) is 1. The van der Waals surface area contributed by atoms with Crippen LogP contribution in [0.3, 0.4) is 0 Å². The highest BCUT2D eigenvalue weighted by atomic mass is 35.5. The van der Waals surface area contributed by atoms with Gasteiger partial charge < -0.3 is 9.47 Å². The monoisotopic (exact) mass is 274 g/mol. The van der Waals surface area contributed by atoms with Gasteiger partial charge in [0, 0.05) is 20.7 Å². The van der Waals surface area contributed by atoms with E-state index in [1.165, 1.54) is 14.2 Å². The van der Waals surface area contributed by atoms with Crippen molar-refractivity contribution in [3.63, 3.8) is 0 Å². The average molecular weight is 275 g/mol. The smallest absolute Gasteiger partial charge is 0.421 e. The number of rotatable bonds is 6. The summed E-state index contributed by atoms with van der Waals surface area (Å²) >= 11 is 5.78. The molecule has 16 heavy (non-hydrogen) atoms.